The quantitative estimate of drug-likeness (QED) is 0.833. The zero-order chi connectivity index (χ0) is 13.5. The van der Waals surface area contributed by atoms with Crippen molar-refractivity contribution in [2.24, 2.45) is 5.92 Å². The molecule has 1 saturated heterocycles. The molecule has 2 heterocycles. The normalized spacial score (nSPS) is 18.6. The van der Waals surface area contributed by atoms with E-state index in [1.165, 1.54) is 30.8 Å². The van der Waals surface area contributed by atoms with Crippen LogP contribution in [0.4, 0.5) is 0 Å². The highest BCUT2D eigenvalue weighted by molar-refractivity contribution is 7.99. The van der Waals surface area contributed by atoms with E-state index in [2.05, 4.69) is 41.0 Å². The van der Waals surface area contributed by atoms with E-state index in [1.807, 2.05) is 4.68 Å². The van der Waals surface area contributed by atoms with Crippen LogP contribution in [0, 0.1) is 5.92 Å². The molecule has 4 nitrogen and oxygen atoms in total. The van der Waals surface area contributed by atoms with E-state index in [0.29, 0.717) is 6.04 Å². The molecule has 2 rings (SSSR count). The van der Waals surface area contributed by atoms with Crippen molar-refractivity contribution in [2.45, 2.75) is 52.1 Å². The summed E-state index contributed by atoms with van der Waals surface area (Å²) < 4.78 is 2.01. The second kappa shape index (κ2) is 7.90. The molecule has 0 aromatic carbocycles. The fourth-order valence-corrected chi connectivity index (χ4v) is 4.05. The van der Waals surface area contributed by atoms with Crippen molar-refractivity contribution < 1.29 is 0 Å². The largest absolute Gasteiger partial charge is 0.314 e. The number of nitrogens with zero attached hydrogens (tertiary/aromatic N) is 3. The standard InChI is InChI=1S/C14H26N4S/c1-3-15-13(9-12-5-7-19-8-6-12)10-14-16-11-17-18(14)4-2/h11-13,15H,3-10H2,1-2H3. The topological polar surface area (TPSA) is 42.7 Å². The zero-order valence-electron chi connectivity index (χ0n) is 12.1. The van der Waals surface area contributed by atoms with Crippen molar-refractivity contribution >= 4 is 11.8 Å². The van der Waals surface area contributed by atoms with Crippen LogP contribution in [0.15, 0.2) is 6.33 Å². The van der Waals surface area contributed by atoms with Crippen molar-refractivity contribution in [3.63, 3.8) is 0 Å². The van der Waals surface area contributed by atoms with Gasteiger partial charge in [-0.3, -0.25) is 4.68 Å². The predicted molar refractivity (Wildman–Crippen MR) is 81.5 cm³/mol. The third-order valence-corrected chi connectivity index (χ3v) is 4.92. The van der Waals surface area contributed by atoms with Crippen LogP contribution in [0.2, 0.25) is 0 Å². The molecule has 1 aliphatic heterocycles. The van der Waals surface area contributed by atoms with Gasteiger partial charge in [0, 0.05) is 19.0 Å². The zero-order valence-corrected chi connectivity index (χ0v) is 13.0. The molecule has 0 radical (unpaired) electrons. The molecule has 1 N–H and O–H groups in total. The number of thioether (sulfide) groups is 1. The van der Waals surface area contributed by atoms with Crippen molar-refractivity contribution in [3.05, 3.63) is 12.2 Å². The molecule has 1 atom stereocenters. The Morgan fingerprint density at radius 2 is 2.21 bits per heavy atom. The lowest BCUT2D eigenvalue weighted by Gasteiger charge is -2.26. The minimum absolute atomic E-state index is 0.549. The Morgan fingerprint density at radius 1 is 1.42 bits per heavy atom. The summed E-state index contributed by atoms with van der Waals surface area (Å²) in [4.78, 5) is 4.41. The first-order valence-electron chi connectivity index (χ1n) is 7.51. The minimum Gasteiger partial charge on any atom is -0.314 e. The van der Waals surface area contributed by atoms with Crippen LogP contribution in [0.5, 0.6) is 0 Å². The highest BCUT2D eigenvalue weighted by atomic mass is 32.2. The van der Waals surface area contributed by atoms with Crippen molar-refractivity contribution in [1.82, 2.24) is 20.1 Å². The summed E-state index contributed by atoms with van der Waals surface area (Å²) in [7, 11) is 0. The minimum atomic E-state index is 0.549. The van der Waals surface area contributed by atoms with Gasteiger partial charge in [-0.05, 0) is 50.2 Å². The fourth-order valence-electron chi connectivity index (χ4n) is 2.84. The van der Waals surface area contributed by atoms with E-state index < -0.39 is 0 Å². The summed E-state index contributed by atoms with van der Waals surface area (Å²) in [5, 5.41) is 7.90. The van der Waals surface area contributed by atoms with Crippen LogP contribution in [-0.4, -0.2) is 38.9 Å². The van der Waals surface area contributed by atoms with Crippen molar-refractivity contribution in [1.29, 1.82) is 0 Å². The van der Waals surface area contributed by atoms with Gasteiger partial charge in [0.05, 0.1) is 0 Å². The molecule has 108 valence electrons. The summed E-state index contributed by atoms with van der Waals surface area (Å²) in [6, 6.07) is 0.549. The van der Waals surface area contributed by atoms with Crippen LogP contribution in [0.1, 0.15) is 38.9 Å². The molecule has 0 saturated carbocycles. The smallest absolute Gasteiger partial charge is 0.138 e. The first kappa shape index (κ1) is 14.9. The Kier molecular flexibility index (Phi) is 6.17. The average Bonchev–Trinajstić information content (AvgIpc) is 2.87. The Hall–Kier alpha value is -0.550. The van der Waals surface area contributed by atoms with Gasteiger partial charge in [0.25, 0.3) is 0 Å². The van der Waals surface area contributed by atoms with Gasteiger partial charge in [0.1, 0.15) is 12.2 Å². The number of nitrogens with one attached hydrogen (secondary N) is 1. The lowest BCUT2D eigenvalue weighted by atomic mass is 9.92. The summed E-state index contributed by atoms with van der Waals surface area (Å²) in [5.74, 6) is 4.70. The second-order valence-corrected chi connectivity index (χ2v) is 6.47. The van der Waals surface area contributed by atoms with Crippen LogP contribution < -0.4 is 5.32 Å². The number of aromatic nitrogens is 3. The molecular weight excluding hydrogens is 256 g/mol. The van der Waals surface area contributed by atoms with Gasteiger partial charge in [0.2, 0.25) is 0 Å². The highest BCUT2D eigenvalue weighted by Crippen LogP contribution is 2.26. The third-order valence-electron chi connectivity index (χ3n) is 3.88. The Morgan fingerprint density at radius 3 is 2.89 bits per heavy atom. The van der Waals surface area contributed by atoms with Gasteiger partial charge >= 0.3 is 0 Å². The van der Waals surface area contributed by atoms with Crippen LogP contribution in [0.25, 0.3) is 0 Å². The van der Waals surface area contributed by atoms with E-state index in [1.54, 1.807) is 6.33 Å². The second-order valence-electron chi connectivity index (χ2n) is 5.24. The lowest BCUT2D eigenvalue weighted by Crippen LogP contribution is -2.34. The third kappa shape index (κ3) is 4.49. The van der Waals surface area contributed by atoms with E-state index >= 15 is 0 Å². The van der Waals surface area contributed by atoms with Crippen molar-refractivity contribution in [3.8, 4) is 0 Å². The maximum absolute atomic E-state index is 4.41. The van der Waals surface area contributed by atoms with Gasteiger partial charge in [-0.25, -0.2) is 4.98 Å². The Balaban J connectivity index is 1.91. The molecule has 0 aliphatic carbocycles. The Labute approximate surface area is 120 Å². The van der Waals surface area contributed by atoms with Gasteiger partial charge in [-0.15, -0.1) is 0 Å². The molecule has 0 spiro atoms. The summed E-state index contributed by atoms with van der Waals surface area (Å²) in [6.45, 7) is 6.26. The first-order valence-corrected chi connectivity index (χ1v) is 8.66. The molecule has 1 aliphatic rings. The molecule has 19 heavy (non-hydrogen) atoms. The van der Waals surface area contributed by atoms with Crippen LogP contribution >= 0.6 is 11.8 Å². The summed E-state index contributed by atoms with van der Waals surface area (Å²) in [5.41, 5.74) is 0. The SMILES string of the molecule is CCNC(Cc1ncnn1CC)CC1CCSCC1. The van der Waals surface area contributed by atoms with Crippen LogP contribution in [-0.2, 0) is 13.0 Å². The number of hydrogen-bond acceptors (Lipinski definition) is 4. The molecule has 1 aromatic heterocycles. The number of rotatable bonds is 7. The lowest BCUT2D eigenvalue weighted by molar-refractivity contribution is 0.359. The maximum Gasteiger partial charge on any atom is 0.138 e. The highest BCUT2D eigenvalue weighted by Gasteiger charge is 2.20. The summed E-state index contributed by atoms with van der Waals surface area (Å²) >= 11 is 2.10. The molecule has 1 unspecified atom stereocenters. The molecule has 5 heteroatoms. The van der Waals surface area contributed by atoms with Gasteiger partial charge < -0.3 is 5.32 Å². The molecule has 1 fully saturated rings. The molecule has 1 aromatic rings. The van der Waals surface area contributed by atoms with Crippen molar-refractivity contribution in [2.75, 3.05) is 18.1 Å². The van der Waals surface area contributed by atoms with E-state index in [-0.39, 0.29) is 0 Å². The van der Waals surface area contributed by atoms with Crippen LogP contribution in [0.3, 0.4) is 0 Å². The predicted octanol–water partition coefficient (Wildman–Crippen LogP) is 2.35. The van der Waals surface area contributed by atoms with Gasteiger partial charge in [0.15, 0.2) is 0 Å². The first-order chi connectivity index (χ1) is 9.33. The van der Waals surface area contributed by atoms with Gasteiger partial charge in [-0.2, -0.15) is 16.9 Å². The van der Waals surface area contributed by atoms with E-state index in [9.17, 15) is 0 Å². The monoisotopic (exact) mass is 282 g/mol. The fraction of sp³-hybridized carbons (Fsp3) is 0.857. The Bertz CT molecular complexity index is 360. The van der Waals surface area contributed by atoms with Gasteiger partial charge in [-0.1, -0.05) is 6.92 Å². The summed E-state index contributed by atoms with van der Waals surface area (Å²) in [6.07, 6.45) is 6.73. The molecule has 0 bridgehead atoms. The van der Waals surface area contributed by atoms with E-state index in [0.717, 1.165) is 31.3 Å². The average molecular weight is 282 g/mol. The molecular formula is C14H26N4S. The number of likely N-dealkylation sites (N-methyl/N-ethyl adjacent to an activating group) is 1. The maximum atomic E-state index is 4.41. The molecule has 0 amide bonds. The number of hydrogen-bond donors (Lipinski definition) is 1. The number of aryl methyl sites for hydroxylation is 1. The van der Waals surface area contributed by atoms with E-state index in [4.69, 9.17) is 0 Å².